The van der Waals surface area contributed by atoms with Gasteiger partial charge < -0.3 is 9.88 Å². The third-order valence-electron chi connectivity index (χ3n) is 4.52. The normalized spacial score (nSPS) is 20.0. The number of H-pyrrole nitrogens is 1. The van der Waals surface area contributed by atoms with Gasteiger partial charge in [0, 0.05) is 36.9 Å². The second-order valence-corrected chi connectivity index (χ2v) is 7.00. The molecule has 0 radical (unpaired) electrons. The van der Waals surface area contributed by atoms with Crippen LogP contribution < -0.4 is 5.56 Å². The number of nitrogens with one attached hydrogen (secondary N) is 1. The Morgan fingerprint density at radius 1 is 1.32 bits per heavy atom. The lowest BCUT2D eigenvalue weighted by Crippen LogP contribution is -2.40. The first-order valence-electron chi connectivity index (χ1n) is 7.49. The molecule has 1 saturated heterocycles. The molecule has 2 aliphatic heterocycles. The Morgan fingerprint density at radius 3 is 2.68 bits per heavy atom. The number of amides is 1. The van der Waals surface area contributed by atoms with Crippen LogP contribution in [0.25, 0.3) is 0 Å². The van der Waals surface area contributed by atoms with E-state index in [0.29, 0.717) is 24.3 Å². The van der Waals surface area contributed by atoms with Crippen molar-refractivity contribution in [2.45, 2.75) is 31.8 Å². The van der Waals surface area contributed by atoms with Gasteiger partial charge >= 0.3 is 0 Å². The van der Waals surface area contributed by atoms with E-state index in [9.17, 15) is 9.59 Å². The molecule has 8 heteroatoms. The summed E-state index contributed by atoms with van der Waals surface area (Å²) in [5.41, 5.74) is 1.62. The number of rotatable bonds is 3. The Bertz CT molecular complexity index is 676. The number of piperidine rings is 1. The Hall–Kier alpha value is -1.12. The zero-order valence-electron chi connectivity index (χ0n) is 12.6. The number of fused-ring (bicyclic) bond motifs is 1. The van der Waals surface area contributed by atoms with Crippen LogP contribution in [-0.2, 0) is 17.8 Å². The summed E-state index contributed by atoms with van der Waals surface area (Å²) in [5.74, 6) is 0. The largest absolute Gasteiger partial charge is 0.339 e. The molecule has 0 saturated carbocycles. The maximum Gasteiger partial charge on any atom is 0.258 e. The van der Waals surface area contributed by atoms with Crippen LogP contribution in [0, 0.1) is 4.77 Å². The third kappa shape index (κ3) is 2.87. The fourth-order valence-electron chi connectivity index (χ4n) is 3.27. The van der Waals surface area contributed by atoms with Crippen molar-refractivity contribution in [3.63, 3.8) is 0 Å². The van der Waals surface area contributed by atoms with Crippen molar-refractivity contribution in [3.8, 4) is 0 Å². The minimum Gasteiger partial charge on any atom is -0.339 e. The van der Waals surface area contributed by atoms with E-state index in [1.807, 2.05) is 0 Å². The van der Waals surface area contributed by atoms with Crippen LogP contribution >= 0.6 is 24.2 Å². The number of hydrogen-bond donors (Lipinski definition) is 1. The van der Waals surface area contributed by atoms with Gasteiger partial charge in [-0.25, -0.2) is 0 Å². The second-order valence-electron chi connectivity index (χ2n) is 5.73. The second kappa shape index (κ2) is 6.55. The van der Waals surface area contributed by atoms with Crippen molar-refractivity contribution in [2.75, 3.05) is 25.9 Å². The Labute approximate surface area is 138 Å². The van der Waals surface area contributed by atoms with Crippen molar-refractivity contribution >= 4 is 30.6 Å². The van der Waals surface area contributed by atoms with E-state index < -0.39 is 0 Å². The molecule has 3 rings (SSSR count). The lowest BCUT2D eigenvalue weighted by molar-refractivity contribution is -0.119. The zero-order chi connectivity index (χ0) is 15.7. The summed E-state index contributed by atoms with van der Waals surface area (Å²) < 4.78 is 4.57. The molecule has 3 heterocycles. The van der Waals surface area contributed by atoms with Crippen LogP contribution in [0.1, 0.15) is 30.1 Å². The number of carbonyl (C=O) groups excluding carboxylic acids is 1. The summed E-state index contributed by atoms with van der Waals surface area (Å²) in [6.45, 7) is 3.00. The Morgan fingerprint density at radius 2 is 2.05 bits per heavy atom. The minimum absolute atomic E-state index is 0.0342. The Kier molecular flexibility index (Phi) is 4.70. The first-order chi connectivity index (χ1) is 10.6. The topological polar surface area (TPSA) is 61.3 Å². The molecular weight excluding hydrogens is 320 g/mol. The third-order valence-corrected chi connectivity index (χ3v) is 5.70. The van der Waals surface area contributed by atoms with Gasteiger partial charge in [-0.15, -0.1) is 0 Å². The molecular formula is C14H20N4O2S2. The highest BCUT2D eigenvalue weighted by Gasteiger charge is 2.25. The number of carbonyl (C=O) groups is 1. The molecule has 22 heavy (non-hydrogen) atoms. The highest BCUT2D eigenvalue weighted by atomic mass is 32.2. The number of aromatic nitrogens is 2. The predicted molar refractivity (Wildman–Crippen MR) is 89.4 cm³/mol. The summed E-state index contributed by atoms with van der Waals surface area (Å²) in [4.78, 5) is 28.6. The maximum atomic E-state index is 12.8. The van der Waals surface area contributed by atoms with E-state index in [-0.39, 0.29) is 11.6 Å². The molecule has 0 aliphatic carbocycles. The molecule has 0 atom stereocenters. The maximum absolute atomic E-state index is 12.8. The van der Waals surface area contributed by atoms with E-state index in [2.05, 4.69) is 15.5 Å². The van der Waals surface area contributed by atoms with Gasteiger partial charge in [0.2, 0.25) is 6.41 Å². The molecule has 1 amide bonds. The molecule has 1 aromatic heterocycles. The fourth-order valence-corrected chi connectivity index (χ4v) is 4.20. The average Bonchev–Trinajstić information content (AvgIpc) is 2.55. The minimum atomic E-state index is 0.0342. The first-order valence-corrected chi connectivity index (χ1v) is 9.08. The van der Waals surface area contributed by atoms with Crippen LogP contribution in [0.15, 0.2) is 4.79 Å². The molecule has 0 unspecified atom stereocenters. The fraction of sp³-hybridized carbons (Fsp3) is 0.643. The SMILES string of the molecule is CSN1CCC(n2c(=S)[nH]c3c(c2=O)CCN(C=O)C3)CC1. The van der Waals surface area contributed by atoms with Crippen molar-refractivity contribution in [3.05, 3.63) is 26.4 Å². The lowest BCUT2D eigenvalue weighted by Gasteiger charge is -2.32. The van der Waals surface area contributed by atoms with Gasteiger partial charge in [0.15, 0.2) is 4.77 Å². The molecule has 1 fully saturated rings. The van der Waals surface area contributed by atoms with E-state index in [0.717, 1.165) is 43.6 Å². The molecule has 1 aromatic rings. The predicted octanol–water partition coefficient (Wildman–Crippen LogP) is 1.34. The molecule has 0 aromatic carbocycles. The summed E-state index contributed by atoms with van der Waals surface area (Å²) in [7, 11) is 0. The smallest absolute Gasteiger partial charge is 0.258 e. The van der Waals surface area contributed by atoms with Crippen molar-refractivity contribution in [1.82, 2.24) is 18.8 Å². The summed E-state index contributed by atoms with van der Waals surface area (Å²) in [5, 5.41) is 0. The molecule has 2 aliphatic rings. The zero-order valence-corrected chi connectivity index (χ0v) is 14.2. The van der Waals surface area contributed by atoms with Crippen molar-refractivity contribution in [1.29, 1.82) is 0 Å². The first kappa shape index (κ1) is 15.8. The van der Waals surface area contributed by atoms with Gasteiger partial charge in [-0.2, -0.15) is 0 Å². The Balaban J connectivity index is 1.92. The molecule has 1 N–H and O–H groups in total. The summed E-state index contributed by atoms with van der Waals surface area (Å²) >= 11 is 7.17. The number of hydrogen-bond acceptors (Lipinski definition) is 5. The van der Waals surface area contributed by atoms with Gasteiger partial charge in [0.05, 0.1) is 6.54 Å². The highest BCUT2D eigenvalue weighted by Crippen LogP contribution is 2.25. The molecule has 0 spiro atoms. The van der Waals surface area contributed by atoms with Crippen LogP contribution in [0.3, 0.4) is 0 Å². The standard InChI is InChI=1S/C14H20N4O2S2/c1-22-17-6-2-10(3-7-17)18-13(20)11-4-5-16(9-19)8-12(11)15-14(18)21/h9-10H,2-8H2,1H3,(H,15,21). The van der Waals surface area contributed by atoms with Gasteiger partial charge in [0.25, 0.3) is 5.56 Å². The quantitative estimate of drug-likeness (QED) is 0.511. The lowest BCUT2D eigenvalue weighted by atomic mass is 10.0. The average molecular weight is 340 g/mol. The van der Waals surface area contributed by atoms with E-state index >= 15 is 0 Å². The van der Waals surface area contributed by atoms with Gasteiger partial charge in [-0.3, -0.25) is 18.5 Å². The highest BCUT2D eigenvalue weighted by molar-refractivity contribution is 7.96. The monoisotopic (exact) mass is 340 g/mol. The molecule has 120 valence electrons. The van der Waals surface area contributed by atoms with E-state index in [4.69, 9.17) is 12.2 Å². The van der Waals surface area contributed by atoms with E-state index in [1.54, 1.807) is 21.4 Å². The van der Waals surface area contributed by atoms with Crippen LogP contribution in [0.4, 0.5) is 0 Å². The van der Waals surface area contributed by atoms with Crippen LogP contribution in [0.2, 0.25) is 0 Å². The van der Waals surface area contributed by atoms with Crippen molar-refractivity contribution in [2.24, 2.45) is 0 Å². The summed E-state index contributed by atoms with van der Waals surface area (Å²) in [6.07, 6.45) is 5.39. The number of nitrogens with zero attached hydrogens (tertiary/aromatic N) is 3. The molecule has 6 nitrogen and oxygen atoms in total. The van der Waals surface area contributed by atoms with Gasteiger partial charge in [0.1, 0.15) is 0 Å². The van der Waals surface area contributed by atoms with Gasteiger partial charge in [-0.05, 0) is 37.7 Å². The number of aromatic amines is 1. The van der Waals surface area contributed by atoms with Crippen LogP contribution in [-0.4, -0.2) is 51.1 Å². The summed E-state index contributed by atoms with van der Waals surface area (Å²) in [6, 6.07) is 0.175. The molecule has 0 bridgehead atoms. The van der Waals surface area contributed by atoms with Crippen LogP contribution in [0.5, 0.6) is 0 Å². The van der Waals surface area contributed by atoms with E-state index in [1.165, 1.54) is 0 Å². The van der Waals surface area contributed by atoms with Crippen molar-refractivity contribution < 1.29 is 4.79 Å². The van der Waals surface area contributed by atoms with Gasteiger partial charge in [-0.1, -0.05) is 11.9 Å².